The van der Waals surface area contributed by atoms with Gasteiger partial charge < -0.3 is 34.5 Å². The predicted molar refractivity (Wildman–Crippen MR) is 93.2 cm³/mol. The third-order valence-corrected chi connectivity index (χ3v) is 4.43. The van der Waals surface area contributed by atoms with Crippen molar-refractivity contribution in [3.05, 3.63) is 40.2 Å². The Balaban J connectivity index is 1.91. The standard InChI is InChI=1S/C18H21NO8/c1-8-5-14(22)26-12-6-10(3-4-11(8)12)25-18-15(19-9(2)21)17(24)16(23)13(7-20)27-18/h3-6,13,15-18,20,23-24H,7H2,1-2H3,(H,19,21)/t13-,15-,16-,17-,18-/m0/s1. The third-order valence-electron chi connectivity index (χ3n) is 4.43. The van der Waals surface area contributed by atoms with Crippen LogP contribution in [0.15, 0.2) is 33.5 Å². The van der Waals surface area contributed by atoms with Crippen molar-refractivity contribution in [1.82, 2.24) is 5.32 Å². The number of benzene rings is 1. The van der Waals surface area contributed by atoms with E-state index in [1.165, 1.54) is 19.1 Å². The number of fused-ring (bicyclic) bond motifs is 1. The molecule has 9 nitrogen and oxygen atoms in total. The van der Waals surface area contributed by atoms with Crippen LogP contribution in [0.2, 0.25) is 0 Å². The van der Waals surface area contributed by atoms with Crippen LogP contribution in [0, 0.1) is 6.92 Å². The Bertz CT molecular complexity index is 895. The molecular formula is C18H21NO8. The van der Waals surface area contributed by atoms with E-state index in [1.54, 1.807) is 19.1 Å². The van der Waals surface area contributed by atoms with Crippen LogP contribution in [0.5, 0.6) is 5.75 Å². The van der Waals surface area contributed by atoms with E-state index >= 15 is 0 Å². The highest BCUT2D eigenvalue weighted by Crippen LogP contribution is 2.27. The van der Waals surface area contributed by atoms with E-state index in [1.807, 2.05) is 0 Å². The average molecular weight is 379 g/mol. The number of amides is 1. The number of rotatable bonds is 4. The van der Waals surface area contributed by atoms with Crippen LogP contribution in [0.25, 0.3) is 11.0 Å². The minimum Gasteiger partial charge on any atom is -0.462 e. The Morgan fingerprint density at radius 3 is 2.67 bits per heavy atom. The van der Waals surface area contributed by atoms with Crippen molar-refractivity contribution < 1.29 is 34.0 Å². The van der Waals surface area contributed by atoms with Crippen molar-refractivity contribution in [1.29, 1.82) is 0 Å². The number of aryl methyl sites for hydroxylation is 1. The second kappa shape index (κ2) is 7.65. The molecule has 2 aromatic rings. The summed E-state index contributed by atoms with van der Waals surface area (Å²) in [5.74, 6) is -0.192. The summed E-state index contributed by atoms with van der Waals surface area (Å²) in [6, 6.07) is 5.12. The maximum atomic E-state index is 11.6. The van der Waals surface area contributed by atoms with Crippen LogP contribution in [0.1, 0.15) is 12.5 Å². The summed E-state index contributed by atoms with van der Waals surface area (Å²) in [7, 11) is 0. The summed E-state index contributed by atoms with van der Waals surface area (Å²) in [5, 5.41) is 32.9. The smallest absolute Gasteiger partial charge is 0.336 e. The Kier molecular flexibility index (Phi) is 5.47. The Labute approximate surface area is 154 Å². The van der Waals surface area contributed by atoms with Crippen molar-refractivity contribution in [2.45, 2.75) is 44.5 Å². The van der Waals surface area contributed by atoms with E-state index in [4.69, 9.17) is 13.9 Å². The first-order valence-corrected chi connectivity index (χ1v) is 8.41. The van der Waals surface area contributed by atoms with Crippen molar-refractivity contribution in [3.63, 3.8) is 0 Å². The molecule has 1 fully saturated rings. The molecule has 146 valence electrons. The summed E-state index contributed by atoms with van der Waals surface area (Å²) in [6.07, 6.45) is -5.08. The quantitative estimate of drug-likeness (QED) is 0.518. The van der Waals surface area contributed by atoms with E-state index in [0.717, 1.165) is 10.9 Å². The molecule has 1 aromatic heterocycles. The normalized spacial score (nSPS) is 28.1. The lowest BCUT2D eigenvalue weighted by atomic mass is 9.97. The predicted octanol–water partition coefficient (Wildman–Crippen LogP) is -0.576. The molecule has 0 radical (unpaired) electrons. The van der Waals surface area contributed by atoms with Gasteiger partial charge in [0.1, 0.15) is 35.7 Å². The van der Waals surface area contributed by atoms with Crippen LogP contribution in [0.4, 0.5) is 0 Å². The minimum atomic E-state index is -1.41. The molecule has 1 aliphatic heterocycles. The van der Waals surface area contributed by atoms with Gasteiger partial charge in [-0.3, -0.25) is 4.79 Å². The fraction of sp³-hybridized carbons (Fsp3) is 0.444. The second-order valence-electron chi connectivity index (χ2n) is 6.46. The number of aliphatic hydroxyl groups is 3. The molecule has 0 unspecified atom stereocenters. The van der Waals surface area contributed by atoms with Crippen molar-refractivity contribution >= 4 is 16.9 Å². The molecule has 1 amide bonds. The number of carbonyl (C=O) groups excluding carboxylic acids is 1. The molecule has 3 rings (SSSR count). The van der Waals surface area contributed by atoms with E-state index in [-0.39, 0.29) is 5.75 Å². The van der Waals surface area contributed by atoms with Crippen LogP contribution in [-0.2, 0) is 9.53 Å². The van der Waals surface area contributed by atoms with E-state index in [2.05, 4.69) is 5.32 Å². The second-order valence-corrected chi connectivity index (χ2v) is 6.46. The molecule has 4 N–H and O–H groups in total. The lowest BCUT2D eigenvalue weighted by Crippen LogP contribution is -2.65. The van der Waals surface area contributed by atoms with E-state index < -0.39 is 48.8 Å². The monoisotopic (exact) mass is 379 g/mol. The van der Waals surface area contributed by atoms with Gasteiger partial charge in [0.15, 0.2) is 0 Å². The topological polar surface area (TPSA) is 138 Å². The Morgan fingerprint density at radius 2 is 2.00 bits per heavy atom. The maximum Gasteiger partial charge on any atom is 0.336 e. The first-order valence-electron chi connectivity index (χ1n) is 8.41. The van der Waals surface area contributed by atoms with Gasteiger partial charge in [-0.25, -0.2) is 4.79 Å². The SMILES string of the molecule is CC(=O)N[C@@H]1[C@@H](Oc2ccc3c(C)cc(=O)oc3c2)O[C@@H](CO)[C@H](O)[C@H]1O. The van der Waals surface area contributed by atoms with Crippen LogP contribution >= 0.6 is 0 Å². The summed E-state index contributed by atoms with van der Waals surface area (Å²) < 4.78 is 16.4. The first kappa shape index (κ1) is 19.3. The van der Waals surface area contributed by atoms with Crippen LogP contribution in [0.3, 0.4) is 0 Å². The molecule has 27 heavy (non-hydrogen) atoms. The minimum absolute atomic E-state index is 0.261. The highest BCUT2D eigenvalue weighted by Gasteiger charge is 2.46. The van der Waals surface area contributed by atoms with Gasteiger partial charge in [-0.05, 0) is 24.6 Å². The number of carbonyl (C=O) groups is 1. The zero-order chi connectivity index (χ0) is 19.7. The molecule has 0 saturated carbocycles. The molecule has 1 aromatic carbocycles. The largest absolute Gasteiger partial charge is 0.462 e. The van der Waals surface area contributed by atoms with Gasteiger partial charge in [-0.15, -0.1) is 0 Å². The summed E-state index contributed by atoms with van der Waals surface area (Å²) in [6.45, 7) is 2.48. The van der Waals surface area contributed by atoms with Crippen LogP contribution in [-0.4, -0.2) is 58.5 Å². The zero-order valence-corrected chi connectivity index (χ0v) is 14.8. The van der Waals surface area contributed by atoms with Crippen molar-refractivity contribution in [3.8, 4) is 5.75 Å². The number of hydrogen-bond acceptors (Lipinski definition) is 8. The van der Waals surface area contributed by atoms with Gasteiger partial charge in [0.05, 0.1) is 6.61 Å². The molecular weight excluding hydrogens is 358 g/mol. The highest BCUT2D eigenvalue weighted by atomic mass is 16.7. The van der Waals surface area contributed by atoms with Gasteiger partial charge >= 0.3 is 5.63 Å². The van der Waals surface area contributed by atoms with Crippen LogP contribution < -0.4 is 15.7 Å². The lowest BCUT2D eigenvalue weighted by molar-refractivity contribution is -0.244. The van der Waals surface area contributed by atoms with Gasteiger partial charge in [0.25, 0.3) is 0 Å². The number of nitrogens with one attached hydrogen (secondary N) is 1. The number of ether oxygens (including phenoxy) is 2. The van der Waals surface area contributed by atoms with Crippen molar-refractivity contribution in [2.24, 2.45) is 0 Å². The fourth-order valence-corrected chi connectivity index (χ4v) is 3.08. The average Bonchev–Trinajstić information content (AvgIpc) is 2.60. The summed E-state index contributed by atoms with van der Waals surface area (Å²) in [4.78, 5) is 23.0. The molecule has 5 atom stereocenters. The fourth-order valence-electron chi connectivity index (χ4n) is 3.08. The van der Waals surface area contributed by atoms with Gasteiger partial charge in [-0.2, -0.15) is 0 Å². The van der Waals surface area contributed by atoms with Gasteiger partial charge in [0, 0.05) is 24.4 Å². The molecule has 1 aliphatic rings. The number of aliphatic hydroxyl groups excluding tert-OH is 3. The Morgan fingerprint density at radius 1 is 1.26 bits per heavy atom. The molecule has 1 saturated heterocycles. The highest BCUT2D eigenvalue weighted by molar-refractivity contribution is 5.81. The third kappa shape index (κ3) is 3.96. The molecule has 0 aliphatic carbocycles. The molecule has 0 spiro atoms. The molecule has 0 bridgehead atoms. The van der Waals surface area contributed by atoms with Crippen molar-refractivity contribution in [2.75, 3.05) is 6.61 Å². The Hall–Kier alpha value is -2.46. The van der Waals surface area contributed by atoms with Gasteiger partial charge in [-0.1, -0.05) is 0 Å². The summed E-state index contributed by atoms with van der Waals surface area (Å²) in [5.41, 5.74) is 0.557. The number of hydrogen-bond donors (Lipinski definition) is 4. The van der Waals surface area contributed by atoms with Gasteiger partial charge in [0.2, 0.25) is 12.2 Å². The van der Waals surface area contributed by atoms with E-state index in [9.17, 15) is 24.9 Å². The summed E-state index contributed by atoms with van der Waals surface area (Å²) >= 11 is 0. The molecule has 2 heterocycles. The first-order chi connectivity index (χ1) is 12.8. The maximum absolute atomic E-state index is 11.6. The zero-order valence-electron chi connectivity index (χ0n) is 14.8. The lowest BCUT2D eigenvalue weighted by Gasteiger charge is -2.42. The van der Waals surface area contributed by atoms with E-state index in [0.29, 0.717) is 5.58 Å². The molecule has 9 heteroatoms.